The van der Waals surface area contributed by atoms with Gasteiger partial charge in [-0.25, -0.2) is 8.78 Å². The number of nitrogens with two attached hydrogens (primary N) is 1. The third-order valence-electron chi connectivity index (χ3n) is 3.29. The van der Waals surface area contributed by atoms with Crippen LogP contribution >= 0.6 is 0 Å². The third-order valence-corrected chi connectivity index (χ3v) is 3.29. The van der Waals surface area contributed by atoms with E-state index in [0.29, 0.717) is 12.1 Å². The van der Waals surface area contributed by atoms with Crippen LogP contribution in [0.1, 0.15) is 24.0 Å². The Hall–Kier alpha value is -1.00. The molecule has 0 bridgehead atoms. The standard InChI is InChI=1S/C12H15F2NO/c1-16-6-8-10(13)3-2-9(11(8)14)12(7-15)4-5-12/h2-3H,4-7,15H2,1H3. The number of hydrogen-bond donors (Lipinski definition) is 1. The molecule has 1 aliphatic carbocycles. The van der Waals surface area contributed by atoms with Gasteiger partial charge in [-0.3, -0.25) is 0 Å². The third kappa shape index (κ3) is 1.72. The van der Waals surface area contributed by atoms with Crippen LogP contribution in [0.25, 0.3) is 0 Å². The second kappa shape index (κ2) is 4.11. The summed E-state index contributed by atoms with van der Waals surface area (Å²) in [5, 5.41) is 0. The van der Waals surface area contributed by atoms with Gasteiger partial charge in [-0.05, 0) is 24.5 Å². The van der Waals surface area contributed by atoms with Gasteiger partial charge in [0.05, 0.1) is 6.61 Å². The predicted molar refractivity (Wildman–Crippen MR) is 57.0 cm³/mol. The Morgan fingerprint density at radius 3 is 2.56 bits per heavy atom. The molecule has 16 heavy (non-hydrogen) atoms. The second-order valence-electron chi connectivity index (χ2n) is 4.30. The molecule has 2 nitrogen and oxygen atoms in total. The molecule has 2 N–H and O–H groups in total. The van der Waals surface area contributed by atoms with E-state index in [1.807, 2.05) is 0 Å². The molecule has 0 radical (unpaired) electrons. The molecule has 1 saturated carbocycles. The average molecular weight is 227 g/mol. The van der Waals surface area contributed by atoms with E-state index in [-0.39, 0.29) is 17.6 Å². The van der Waals surface area contributed by atoms with Crippen molar-refractivity contribution in [3.8, 4) is 0 Å². The van der Waals surface area contributed by atoms with Crippen LogP contribution in [0.3, 0.4) is 0 Å². The van der Waals surface area contributed by atoms with Crippen LogP contribution in [0, 0.1) is 11.6 Å². The van der Waals surface area contributed by atoms with Crippen LogP contribution in [0.2, 0.25) is 0 Å². The Morgan fingerprint density at radius 2 is 2.06 bits per heavy atom. The zero-order chi connectivity index (χ0) is 11.8. The van der Waals surface area contributed by atoms with Crippen LogP contribution in [0.15, 0.2) is 12.1 Å². The summed E-state index contributed by atoms with van der Waals surface area (Å²) in [5.41, 5.74) is 5.91. The van der Waals surface area contributed by atoms with E-state index in [2.05, 4.69) is 0 Å². The van der Waals surface area contributed by atoms with Crippen molar-refractivity contribution in [3.05, 3.63) is 34.9 Å². The molecular weight excluding hydrogens is 212 g/mol. The first-order chi connectivity index (χ1) is 7.64. The van der Waals surface area contributed by atoms with Crippen LogP contribution in [0.4, 0.5) is 8.78 Å². The number of ether oxygens (including phenoxy) is 1. The van der Waals surface area contributed by atoms with Gasteiger partial charge in [-0.1, -0.05) is 6.07 Å². The van der Waals surface area contributed by atoms with Gasteiger partial charge in [0.2, 0.25) is 0 Å². The summed E-state index contributed by atoms with van der Waals surface area (Å²) in [4.78, 5) is 0. The van der Waals surface area contributed by atoms with Gasteiger partial charge in [0.1, 0.15) is 11.6 Å². The Balaban J connectivity index is 2.44. The topological polar surface area (TPSA) is 35.2 Å². The van der Waals surface area contributed by atoms with Crippen molar-refractivity contribution in [2.24, 2.45) is 5.73 Å². The van der Waals surface area contributed by atoms with Crippen molar-refractivity contribution < 1.29 is 13.5 Å². The highest BCUT2D eigenvalue weighted by molar-refractivity contribution is 5.37. The fraction of sp³-hybridized carbons (Fsp3) is 0.500. The van der Waals surface area contributed by atoms with Crippen LogP contribution < -0.4 is 5.73 Å². The summed E-state index contributed by atoms with van der Waals surface area (Å²) in [5.74, 6) is -1.05. The summed E-state index contributed by atoms with van der Waals surface area (Å²) < 4.78 is 32.2. The molecule has 1 fully saturated rings. The molecule has 0 atom stereocenters. The Bertz CT molecular complexity index is 402. The highest BCUT2D eigenvalue weighted by atomic mass is 19.1. The molecule has 0 saturated heterocycles. The minimum Gasteiger partial charge on any atom is -0.380 e. The minimum atomic E-state index is -0.559. The van der Waals surface area contributed by atoms with Crippen molar-refractivity contribution in [1.82, 2.24) is 0 Å². The zero-order valence-corrected chi connectivity index (χ0v) is 9.22. The maximum atomic E-state index is 14.1. The van der Waals surface area contributed by atoms with Gasteiger partial charge < -0.3 is 10.5 Å². The van der Waals surface area contributed by atoms with Crippen molar-refractivity contribution in [3.63, 3.8) is 0 Å². The van der Waals surface area contributed by atoms with Crippen LogP contribution in [0.5, 0.6) is 0 Å². The van der Waals surface area contributed by atoms with Gasteiger partial charge in [-0.2, -0.15) is 0 Å². The van der Waals surface area contributed by atoms with Crippen molar-refractivity contribution >= 4 is 0 Å². The zero-order valence-electron chi connectivity index (χ0n) is 9.22. The molecule has 2 rings (SSSR count). The van der Waals surface area contributed by atoms with Crippen LogP contribution in [-0.2, 0) is 16.8 Å². The predicted octanol–water partition coefficient (Wildman–Crippen LogP) is 2.10. The fourth-order valence-corrected chi connectivity index (χ4v) is 2.02. The average Bonchev–Trinajstić information content (AvgIpc) is 3.05. The lowest BCUT2D eigenvalue weighted by atomic mass is 9.93. The quantitative estimate of drug-likeness (QED) is 0.855. The summed E-state index contributed by atoms with van der Waals surface area (Å²) in [6.45, 7) is 0.355. The minimum absolute atomic E-state index is 0.000255. The van der Waals surface area contributed by atoms with E-state index in [9.17, 15) is 8.78 Å². The molecule has 0 aliphatic heterocycles. The van der Waals surface area contributed by atoms with Crippen LogP contribution in [-0.4, -0.2) is 13.7 Å². The van der Waals surface area contributed by atoms with Gasteiger partial charge in [0, 0.05) is 24.6 Å². The van der Waals surface area contributed by atoms with E-state index in [0.717, 1.165) is 12.8 Å². The largest absolute Gasteiger partial charge is 0.380 e. The monoisotopic (exact) mass is 227 g/mol. The molecule has 1 aliphatic rings. The lowest BCUT2D eigenvalue weighted by molar-refractivity contribution is 0.177. The van der Waals surface area contributed by atoms with Crippen molar-refractivity contribution in [2.75, 3.05) is 13.7 Å². The lowest BCUT2D eigenvalue weighted by Gasteiger charge is -2.16. The Morgan fingerprint density at radius 1 is 1.38 bits per heavy atom. The number of rotatable bonds is 4. The molecule has 0 aromatic heterocycles. The fourth-order valence-electron chi connectivity index (χ4n) is 2.02. The summed E-state index contributed by atoms with van der Waals surface area (Å²) in [6, 6.07) is 2.80. The number of benzene rings is 1. The first kappa shape index (κ1) is 11.5. The van der Waals surface area contributed by atoms with Crippen molar-refractivity contribution in [2.45, 2.75) is 24.9 Å². The van der Waals surface area contributed by atoms with E-state index < -0.39 is 11.6 Å². The van der Waals surface area contributed by atoms with Gasteiger partial charge in [-0.15, -0.1) is 0 Å². The number of halogens is 2. The molecule has 0 heterocycles. The highest BCUT2D eigenvalue weighted by Gasteiger charge is 2.45. The van der Waals surface area contributed by atoms with E-state index >= 15 is 0 Å². The van der Waals surface area contributed by atoms with Crippen molar-refractivity contribution in [1.29, 1.82) is 0 Å². The number of methoxy groups -OCH3 is 1. The molecule has 0 spiro atoms. The first-order valence-corrected chi connectivity index (χ1v) is 5.31. The molecule has 1 aromatic rings. The van der Waals surface area contributed by atoms with Gasteiger partial charge in [0.15, 0.2) is 0 Å². The SMILES string of the molecule is COCc1c(F)ccc(C2(CN)CC2)c1F. The molecule has 88 valence electrons. The molecule has 4 heteroatoms. The lowest BCUT2D eigenvalue weighted by Crippen LogP contribution is -2.22. The maximum Gasteiger partial charge on any atom is 0.135 e. The first-order valence-electron chi connectivity index (χ1n) is 5.31. The number of hydrogen-bond acceptors (Lipinski definition) is 2. The molecule has 1 aromatic carbocycles. The van der Waals surface area contributed by atoms with E-state index in [4.69, 9.17) is 10.5 Å². The Labute approximate surface area is 93.4 Å². The summed E-state index contributed by atoms with van der Waals surface area (Å²) >= 11 is 0. The Kier molecular flexibility index (Phi) is 2.95. The summed E-state index contributed by atoms with van der Waals surface area (Å²) in [7, 11) is 1.42. The maximum absolute atomic E-state index is 14.1. The second-order valence-corrected chi connectivity index (χ2v) is 4.30. The molecular formula is C12H15F2NO. The smallest absolute Gasteiger partial charge is 0.135 e. The molecule has 0 amide bonds. The summed E-state index contributed by atoms with van der Waals surface area (Å²) in [6.07, 6.45) is 1.75. The highest BCUT2D eigenvalue weighted by Crippen LogP contribution is 2.48. The van der Waals surface area contributed by atoms with Gasteiger partial charge >= 0.3 is 0 Å². The van der Waals surface area contributed by atoms with E-state index in [1.165, 1.54) is 19.2 Å². The van der Waals surface area contributed by atoms with Gasteiger partial charge in [0.25, 0.3) is 0 Å². The molecule has 0 unspecified atom stereocenters. The normalized spacial score (nSPS) is 17.5. The van der Waals surface area contributed by atoms with E-state index in [1.54, 1.807) is 0 Å².